The lowest BCUT2D eigenvalue weighted by molar-refractivity contribution is -0.115. The first-order valence-electron chi connectivity index (χ1n) is 9.66. The van der Waals surface area contributed by atoms with Crippen molar-refractivity contribution in [2.24, 2.45) is 0 Å². The standard InChI is InChI=1S/C23H24N4O2/c24-13-12-22(28)25-21-10-8-20(9-11-21)23(29)27-17-15-26(16-18-27)14-4-7-19-5-2-1-3-6-19/h1-11H,12,14-18H2,(H,25,28)/b7-4+. The third-order valence-corrected chi connectivity index (χ3v) is 4.79. The summed E-state index contributed by atoms with van der Waals surface area (Å²) in [7, 11) is 0. The number of hydrogen-bond donors (Lipinski definition) is 1. The van der Waals surface area contributed by atoms with Gasteiger partial charge in [0, 0.05) is 44.0 Å². The van der Waals surface area contributed by atoms with Gasteiger partial charge in [-0.25, -0.2) is 0 Å². The van der Waals surface area contributed by atoms with Crippen molar-refractivity contribution < 1.29 is 9.59 Å². The number of amides is 2. The highest BCUT2D eigenvalue weighted by Gasteiger charge is 2.21. The van der Waals surface area contributed by atoms with Crippen molar-refractivity contribution in [2.45, 2.75) is 6.42 Å². The molecule has 6 nitrogen and oxygen atoms in total. The zero-order valence-corrected chi connectivity index (χ0v) is 16.3. The molecule has 1 N–H and O–H groups in total. The van der Waals surface area contributed by atoms with E-state index in [0.717, 1.165) is 19.6 Å². The van der Waals surface area contributed by atoms with Crippen LogP contribution in [-0.4, -0.2) is 54.3 Å². The maximum absolute atomic E-state index is 12.7. The van der Waals surface area contributed by atoms with E-state index in [0.29, 0.717) is 24.3 Å². The van der Waals surface area contributed by atoms with Gasteiger partial charge in [0.2, 0.25) is 5.91 Å². The van der Waals surface area contributed by atoms with Gasteiger partial charge in [0.15, 0.2) is 0 Å². The molecule has 1 aliphatic heterocycles. The van der Waals surface area contributed by atoms with E-state index in [4.69, 9.17) is 5.26 Å². The van der Waals surface area contributed by atoms with E-state index in [9.17, 15) is 9.59 Å². The van der Waals surface area contributed by atoms with Crippen LogP contribution in [0.25, 0.3) is 6.08 Å². The van der Waals surface area contributed by atoms with Gasteiger partial charge in [-0.1, -0.05) is 42.5 Å². The molecule has 6 heteroatoms. The minimum atomic E-state index is -0.357. The maximum atomic E-state index is 12.7. The zero-order valence-electron chi connectivity index (χ0n) is 16.3. The van der Waals surface area contributed by atoms with Gasteiger partial charge in [-0.05, 0) is 29.8 Å². The Morgan fingerprint density at radius 2 is 1.69 bits per heavy atom. The third-order valence-electron chi connectivity index (χ3n) is 4.79. The highest BCUT2D eigenvalue weighted by atomic mass is 16.2. The zero-order chi connectivity index (χ0) is 20.5. The Morgan fingerprint density at radius 1 is 1.00 bits per heavy atom. The first kappa shape index (κ1) is 20.3. The number of carbonyl (C=O) groups excluding carboxylic acids is 2. The number of anilines is 1. The number of nitrogens with one attached hydrogen (secondary N) is 1. The van der Waals surface area contributed by atoms with Crippen molar-refractivity contribution in [3.05, 3.63) is 71.8 Å². The van der Waals surface area contributed by atoms with Crippen molar-refractivity contribution in [3.8, 4) is 6.07 Å². The van der Waals surface area contributed by atoms with Gasteiger partial charge in [0.1, 0.15) is 6.42 Å². The van der Waals surface area contributed by atoms with Gasteiger partial charge in [0.25, 0.3) is 5.91 Å². The number of nitrogens with zero attached hydrogens (tertiary/aromatic N) is 3. The average molecular weight is 388 g/mol. The van der Waals surface area contributed by atoms with Crippen LogP contribution in [0.5, 0.6) is 0 Å². The van der Waals surface area contributed by atoms with Gasteiger partial charge in [0.05, 0.1) is 6.07 Å². The molecule has 2 amide bonds. The number of nitriles is 1. The molecule has 0 aliphatic carbocycles. The summed E-state index contributed by atoms with van der Waals surface area (Å²) >= 11 is 0. The number of hydrogen-bond acceptors (Lipinski definition) is 4. The number of carbonyl (C=O) groups is 2. The molecule has 1 heterocycles. The molecule has 3 rings (SSSR count). The van der Waals surface area contributed by atoms with E-state index in [1.165, 1.54) is 5.56 Å². The molecular formula is C23H24N4O2. The fourth-order valence-corrected chi connectivity index (χ4v) is 3.19. The second-order valence-corrected chi connectivity index (χ2v) is 6.87. The smallest absolute Gasteiger partial charge is 0.253 e. The van der Waals surface area contributed by atoms with Crippen LogP contribution in [0.1, 0.15) is 22.3 Å². The normalized spacial score (nSPS) is 14.5. The highest BCUT2D eigenvalue weighted by molar-refractivity contribution is 5.96. The van der Waals surface area contributed by atoms with E-state index in [1.807, 2.05) is 23.1 Å². The van der Waals surface area contributed by atoms with Gasteiger partial charge in [-0.15, -0.1) is 0 Å². The molecule has 2 aromatic carbocycles. The van der Waals surface area contributed by atoms with E-state index in [-0.39, 0.29) is 18.2 Å². The minimum Gasteiger partial charge on any atom is -0.336 e. The molecule has 1 aliphatic rings. The van der Waals surface area contributed by atoms with Crippen LogP contribution in [0.2, 0.25) is 0 Å². The summed E-state index contributed by atoms with van der Waals surface area (Å²) in [5.41, 5.74) is 2.37. The molecule has 0 unspecified atom stereocenters. The van der Waals surface area contributed by atoms with E-state index >= 15 is 0 Å². The lowest BCUT2D eigenvalue weighted by atomic mass is 10.1. The van der Waals surface area contributed by atoms with Crippen LogP contribution in [0.3, 0.4) is 0 Å². The average Bonchev–Trinajstić information content (AvgIpc) is 2.75. The summed E-state index contributed by atoms with van der Waals surface area (Å²) in [4.78, 5) is 28.3. The maximum Gasteiger partial charge on any atom is 0.253 e. The molecule has 0 aromatic heterocycles. The Morgan fingerprint density at radius 3 is 2.34 bits per heavy atom. The Hall–Kier alpha value is -3.43. The predicted molar refractivity (Wildman–Crippen MR) is 113 cm³/mol. The van der Waals surface area contributed by atoms with Crippen molar-refractivity contribution in [3.63, 3.8) is 0 Å². The second-order valence-electron chi connectivity index (χ2n) is 6.87. The van der Waals surface area contributed by atoms with Crippen LogP contribution in [-0.2, 0) is 4.79 Å². The Balaban J connectivity index is 1.46. The third kappa shape index (κ3) is 6.03. The van der Waals surface area contributed by atoms with Crippen molar-refractivity contribution in [1.82, 2.24) is 9.80 Å². The topological polar surface area (TPSA) is 76.4 Å². The van der Waals surface area contributed by atoms with Crippen LogP contribution < -0.4 is 5.32 Å². The molecule has 2 aromatic rings. The minimum absolute atomic E-state index is 0.000575. The van der Waals surface area contributed by atoms with E-state index in [2.05, 4.69) is 34.5 Å². The van der Waals surface area contributed by atoms with Crippen molar-refractivity contribution >= 4 is 23.6 Å². The van der Waals surface area contributed by atoms with E-state index in [1.54, 1.807) is 30.3 Å². The molecule has 1 saturated heterocycles. The molecular weight excluding hydrogens is 364 g/mol. The molecule has 148 valence electrons. The monoisotopic (exact) mass is 388 g/mol. The fraction of sp³-hybridized carbons (Fsp3) is 0.261. The quantitative estimate of drug-likeness (QED) is 0.825. The molecule has 0 bridgehead atoms. The summed E-state index contributed by atoms with van der Waals surface area (Å²) in [5.74, 6) is -0.358. The first-order valence-corrected chi connectivity index (χ1v) is 9.66. The van der Waals surface area contributed by atoms with Crippen molar-refractivity contribution in [2.75, 3.05) is 38.0 Å². The molecule has 0 radical (unpaired) electrons. The summed E-state index contributed by atoms with van der Waals surface area (Å²) in [6.45, 7) is 3.94. The number of rotatable bonds is 6. The highest BCUT2D eigenvalue weighted by Crippen LogP contribution is 2.14. The molecule has 1 fully saturated rings. The first-order chi connectivity index (χ1) is 14.2. The Labute approximate surface area is 171 Å². The Kier molecular flexibility index (Phi) is 7.15. The molecule has 0 saturated carbocycles. The second kappa shape index (κ2) is 10.2. The molecule has 29 heavy (non-hydrogen) atoms. The van der Waals surface area contributed by atoms with Crippen LogP contribution in [0.15, 0.2) is 60.7 Å². The van der Waals surface area contributed by atoms with Crippen LogP contribution in [0, 0.1) is 11.3 Å². The van der Waals surface area contributed by atoms with Crippen molar-refractivity contribution in [1.29, 1.82) is 5.26 Å². The largest absolute Gasteiger partial charge is 0.336 e. The SMILES string of the molecule is N#CCC(=O)Nc1ccc(C(=O)N2CCN(C/C=C/c3ccccc3)CC2)cc1. The summed E-state index contributed by atoms with van der Waals surface area (Å²) in [6, 6.07) is 18.8. The fourth-order valence-electron chi connectivity index (χ4n) is 3.19. The molecule has 0 spiro atoms. The lowest BCUT2D eigenvalue weighted by Crippen LogP contribution is -2.48. The summed E-state index contributed by atoms with van der Waals surface area (Å²) in [6.07, 6.45) is 4.09. The van der Waals surface area contributed by atoms with Gasteiger partial charge in [-0.2, -0.15) is 5.26 Å². The molecule has 0 atom stereocenters. The van der Waals surface area contributed by atoms with Crippen LogP contribution in [0.4, 0.5) is 5.69 Å². The van der Waals surface area contributed by atoms with E-state index < -0.39 is 0 Å². The summed E-state index contributed by atoms with van der Waals surface area (Å²) < 4.78 is 0. The van der Waals surface area contributed by atoms with Gasteiger partial charge in [-0.3, -0.25) is 14.5 Å². The number of benzene rings is 2. The Bertz CT molecular complexity index is 893. The summed E-state index contributed by atoms with van der Waals surface area (Å²) in [5, 5.41) is 11.2. The van der Waals surface area contributed by atoms with Crippen LogP contribution >= 0.6 is 0 Å². The predicted octanol–water partition coefficient (Wildman–Crippen LogP) is 3.01. The number of piperazine rings is 1. The van der Waals surface area contributed by atoms with Gasteiger partial charge >= 0.3 is 0 Å². The lowest BCUT2D eigenvalue weighted by Gasteiger charge is -2.34. The van der Waals surface area contributed by atoms with Gasteiger partial charge < -0.3 is 10.2 Å².